The summed E-state index contributed by atoms with van der Waals surface area (Å²) in [5.74, 6) is 0.978. The van der Waals surface area contributed by atoms with E-state index in [0.29, 0.717) is 6.04 Å². The summed E-state index contributed by atoms with van der Waals surface area (Å²) in [6.07, 6.45) is 0.736. The van der Waals surface area contributed by atoms with Crippen molar-refractivity contribution in [3.05, 3.63) is 5.69 Å². The predicted molar refractivity (Wildman–Crippen MR) is 75.9 cm³/mol. The minimum Gasteiger partial charge on any atom is -0.396 e. The van der Waals surface area contributed by atoms with Crippen LogP contribution in [0.2, 0.25) is 0 Å². The Morgan fingerprint density at radius 1 is 1.33 bits per heavy atom. The fraction of sp³-hybridized carbons (Fsp3) is 0.769. The van der Waals surface area contributed by atoms with Gasteiger partial charge in [-0.1, -0.05) is 0 Å². The number of rotatable bonds is 6. The van der Waals surface area contributed by atoms with E-state index in [1.54, 1.807) is 0 Å². The smallest absolute Gasteiger partial charge is 0.151 e. The van der Waals surface area contributed by atoms with Crippen molar-refractivity contribution in [3.8, 4) is 0 Å². The molecule has 0 fully saturated rings. The van der Waals surface area contributed by atoms with Gasteiger partial charge in [-0.3, -0.25) is 0 Å². The molecule has 0 radical (unpaired) electrons. The van der Waals surface area contributed by atoms with Crippen LogP contribution in [0, 0.1) is 6.92 Å². The highest BCUT2D eigenvalue weighted by Crippen LogP contribution is 2.30. The number of anilines is 2. The highest BCUT2D eigenvalue weighted by molar-refractivity contribution is 5.66. The lowest BCUT2D eigenvalue weighted by Crippen LogP contribution is -2.35. The van der Waals surface area contributed by atoms with E-state index in [1.807, 2.05) is 11.6 Å². The molecule has 5 heteroatoms. The van der Waals surface area contributed by atoms with E-state index in [4.69, 9.17) is 10.8 Å². The van der Waals surface area contributed by atoms with Crippen molar-refractivity contribution in [2.45, 2.75) is 53.1 Å². The molecule has 0 atom stereocenters. The Labute approximate surface area is 110 Å². The number of hydrogen-bond donors (Lipinski definition) is 2. The van der Waals surface area contributed by atoms with Crippen LogP contribution in [-0.4, -0.2) is 34.1 Å². The molecule has 1 rings (SSSR count). The highest BCUT2D eigenvalue weighted by atomic mass is 16.3. The number of aryl methyl sites for hydroxylation is 1. The average Bonchev–Trinajstić information content (AvgIpc) is 2.57. The third-order valence-electron chi connectivity index (χ3n) is 3.05. The summed E-state index contributed by atoms with van der Waals surface area (Å²) >= 11 is 0. The van der Waals surface area contributed by atoms with Gasteiger partial charge in [0.1, 0.15) is 0 Å². The summed E-state index contributed by atoms with van der Waals surface area (Å²) in [5.41, 5.74) is 7.78. The fourth-order valence-electron chi connectivity index (χ4n) is 2.04. The lowest BCUT2D eigenvalue weighted by atomic mass is 10.2. The van der Waals surface area contributed by atoms with Gasteiger partial charge in [-0.2, -0.15) is 5.10 Å². The second kappa shape index (κ2) is 6.09. The van der Waals surface area contributed by atoms with Gasteiger partial charge in [-0.05, 0) is 41.0 Å². The lowest BCUT2D eigenvalue weighted by Gasteiger charge is -2.30. The van der Waals surface area contributed by atoms with Gasteiger partial charge >= 0.3 is 0 Å². The zero-order valence-corrected chi connectivity index (χ0v) is 12.1. The fourth-order valence-corrected chi connectivity index (χ4v) is 2.04. The Kier molecular flexibility index (Phi) is 5.02. The Morgan fingerprint density at radius 2 is 1.94 bits per heavy atom. The SMILES string of the molecule is Cc1nn(C(C)C)c(N(CCCO)C(C)C)c1N. The topological polar surface area (TPSA) is 67.3 Å². The summed E-state index contributed by atoms with van der Waals surface area (Å²) in [5, 5.41) is 13.5. The molecule has 0 aliphatic rings. The van der Waals surface area contributed by atoms with Crippen LogP contribution in [0.25, 0.3) is 0 Å². The summed E-state index contributed by atoms with van der Waals surface area (Å²) in [4.78, 5) is 2.21. The lowest BCUT2D eigenvalue weighted by molar-refractivity contribution is 0.288. The molecule has 3 N–H and O–H groups in total. The third-order valence-corrected chi connectivity index (χ3v) is 3.05. The van der Waals surface area contributed by atoms with Crippen LogP contribution in [-0.2, 0) is 0 Å². The maximum absolute atomic E-state index is 9.02. The number of nitrogen functional groups attached to an aromatic ring is 1. The van der Waals surface area contributed by atoms with Gasteiger partial charge in [0.15, 0.2) is 5.82 Å². The maximum Gasteiger partial charge on any atom is 0.151 e. The average molecular weight is 254 g/mol. The van der Waals surface area contributed by atoms with Crippen LogP contribution in [0.15, 0.2) is 0 Å². The molecule has 0 amide bonds. The van der Waals surface area contributed by atoms with E-state index < -0.39 is 0 Å². The Balaban J connectivity index is 3.17. The zero-order valence-electron chi connectivity index (χ0n) is 12.1. The molecule has 104 valence electrons. The molecule has 0 aliphatic heterocycles. The van der Waals surface area contributed by atoms with Crippen molar-refractivity contribution in [2.75, 3.05) is 23.8 Å². The number of nitrogens with zero attached hydrogens (tertiary/aromatic N) is 3. The van der Waals surface area contributed by atoms with Crippen LogP contribution >= 0.6 is 0 Å². The maximum atomic E-state index is 9.02. The largest absolute Gasteiger partial charge is 0.396 e. The minimum atomic E-state index is 0.192. The van der Waals surface area contributed by atoms with Crippen molar-refractivity contribution in [1.29, 1.82) is 0 Å². The minimum absolute atomic E-state index is 0.192. The molecule has 0 bridgehead atoms. The molecule has 5 nitrogen and oxygen atoms in total. The molecule has 0 spiro atoms. The standard InChI is InChI=1S/C13H26N4O/c1-9(2)16(7-6-8-18)13-12(14)11(5)15-17(13)10(3)4/h9-10,18H,6-8,14H2,1-5H3. The van der Waals surface area contributed by atoms with E-state index in [-0.39, 0.29) is 12.6 Å². The molecule has 1 aromatic rings. The Hall–Kier alpha value is -1.23. The Bertz CT molecular complexity index is 385. The van der Waals surface area contributed by atoms with Gasteiger partial charge in [0.2, 0.25) is 0 Å². The van der Waals surface area contributed by atoms with Gasteiger partial charge in [0, 0.05) is 25.2 Å². The van der Waals surface area contributed by atoms with Gasteiger partial charge in [-0.25, -0.2) is 4.68 Å². The van der Waals surface area contributed by atoms with Gasteiger partial charge in [-0.15, -0.1) is 0 Å². The van der Waals surface area contributed by atoms with Crippen molar-refractivity contribution in [3.63, 3.8) is 0 Å². The molecular weight excluding hydrogens is 228 g/mol. The first-order valence-corrected chi connectivity index (χ1v) is 6.62. The van der Waals surface area contributed by atoms with Crippen molar-refractivity contribution >= 4 is 11.5 Å². The summed E-state index contributed by atoms with van der Waals surface area (Å²) in [6, 6.07) is 0.596. The molecule has 1 heterocycles. The molecule has 0 unspecified atom stereocenters. The quantitative estimate of drug-likeness (QED) is 0.814. The number of nitrogens with two attached hydrogens (primary N) is 1. The van der Waals surface area contributed by atoms with E-state index in [1.165, 1.54) is 0 Å². The monoisotopic (exact) mass is 254 g/mol. The van der Waals surface area contributed by atoms with Crippen molar-refractivity contribution in [2.24, 2.45) is 0 Å². The molecule has 0 saturated carbocycles. The first-order chi connectivity index (χ1) is 8.40. The molecular formula is C13H26N4O. The summed E-state index contributed by atoms with van der Waals surface area (Å²) in [7, 11) is 0. The van der Waals surface area contributed by atoms with Crippen molar-refractivity contribution < 1.29 is 5.11 Å². The van der Waals surface area contributed by atoms with Gasteiger partial charge < -0.3 is 15.7 Å². The number of aliphatic hydroxyl groups is 1. The van der Waals surface area contributed by atoms with Crippen LogP contribution in [0.4, 0.5) is 11.5 Å². The third kappa shape index (κ3) is 2.96. The highest BCUT2D eigenvalue weighted by Gasteiger charge is 2.22. The first kappa shape index (κ1) is 14.8. The molecule has 0 saturated heterocycles. The number of aliphatic hydroxyl groups excluding tert-OH is 1. The van der Waals surface area contributed by atoms with Crippen LogP contribution in [0.3, 0.4) is 0 Å². The molecule has 1 aromatic heterocycles. The van der Waals surface area contributed by atoms with E-state index in [0.717, 1.165) is 30.2 Å². The van der Waals surface area contributed by atoms with Gasteiger partial charge in [0.05, 0.1) is 11.4 Å². The molecule has 18 heavy (non-hydrogen) atoms. The molecule has 0 aromatic carbocycles. The zero-order chi connectivity index (χ0) is 13.9. The molecule has 0 aliphatic carbocycles. The second-order valence-corrected chi connectivity index (χ2v) is 5.23. The van der Waals surface area contributed by atoms with Crippen LogP contribution in [0.5, 0.6) is 0 Å². The first-order valence-electron chi connectivity index (χ1n) is 6.62. The van der Waals surface area contributed by atoms with E-state index >= 15 is 0 Å². The second-order valence-electron chi connectivity index (χ2n) is 5.23. The van der Waals surface area contributed by atoms with Crippen LogP contribution in [0.1, 0.15) is 45.9 Å². The normalized spacial score (nSPS) is 11.6. The number of hydrogen-bond acceptors (Lipinski definition) is 4. The van der Waals surface area contributed by atoms with Crippen molar-refractivity contribution in [1.82, 2.24) is 9.78 Å². The van der Waals surface area contributed by atoms with E-state index in [9.17, 15) is 0 Å². The van der Waals surface area contributed by atoms with E-state index in [2.05, 4.69) is 37.7 Å². The van der Waals surface area contributed by atoms with Gasteiger partial charge in [0.25, 0.3) is 0 Å². The van der Waals surface area contributed by atoms with Crippen LogP contribution < -0.4 is 10.6 Å². The summed E-state index contributed by atoms with van der Waals surface area (Å²) in [6.45, 7) is 11.4. The summed E-state index contributed by atoms with van der Waals surface area (Å²) < 4.78 is 1.97. The predicted octanol–water partition coefficient (Wildman–Crippen LogP) is 1.95. The Morgan fingerprint density at radius 3 is 2.39 bits per heavy atom. The number of aromatic nitrogens is 2.